The van der Waals surface area contributed by atoms with Crippen LogP contribution in [-0.4, -0.2) is 39.6 Å². The van der Waals surface area contributed by atoms with Crippen LogP contribution in [0.25, 0.3) is 0 Å². The van der Waals surface area contributed by atoms with Crippen LogP contribution in [-0.2, 0) is 16.7 Å². The van der Waals surface area contributed by atoms with Crippen molar-refractivity contribution < 1.29 is 31.3 Å². The van der Waals surface area contributed by atoms with Crippen molar-refractivity contribution in [2.45, 2.75) is 37.8 Å². The van der Waals surface area contributed by atoms with Crippen molar-refractivity contribution in [3.8, 4) is 17.2 Å². The Morgan fingerprint density at radius 1 is 0.972 bits per heavy atom. The second-order valence-corrected chi connectivity index (χ2v) is 9.50. The van der Waals surface area contributed by atoms with Crippen molar-refractivity contribution in [2.24, 2.45) is 0 Å². The first-order chi connectivity index (χ1) is 17.2. The summed E-state index contributed by atoms with van der Waals surface area (Å²) >= 11 is 0. The average molecular weight is 517 g/mol. The fraction of sp³-hybridized carbons (Fsp3) is 0.269. The molecule has 36 heavy (non-hydrogen) atoms. The highest BCUT2D eigenvalue weighted by molar-refractivity contribution is 7.87. The number of carbonyl (C=O) groups excluding carboxylic acids is 1. The molecule has 3 rings (SSSR count). The Balaban J connectivity index is 1.88. The summed E-state index contributed by atoms with van der Waals surface area (Å²) in [6.07, 6.45) is 0.659. The Hall–Kier alpha value is -3.79. The Morgan fingerprint density at radius 2 is 1.61 bits per heavy atom. The van der Waals surface area contributed by atoms with Crippen LogP contribution in [0.2, 0.25) is 0 Å². The number of amides is 2. The molecule has 0 unspecified atom stereocenters. The van der Waals surface area contributed by atoms with Crippen LogP contribution < -0.4 is 19.0 Å². The predicted molar refractivity (Wildman–Crippen MR) is 135 cm³/mol. The summed E-state index contributed by atoms with van der Waals surface area (Å²) in [5.74, 6) is -0.366. The largest absolute Gasteiger partial charge is 0.495 e. The third-order valence-corrected chi connectivity index (χ3v) is 6.89. The molecule has 0 aliphatic heterocycles. The van der Waals surface area contributed by atoms with Gasteiger partial charge < -0.3 is 23.9 Å². The van der Waals surface area contributed by atoms with Crippen LogP contribution in [0, 0.1) is 5.82 Å². The standard InChI is InChI=1S/C26H29FN2O6S/c1-5-18(2)29(26(30)28-22-11-7-9-13-25(22)34-4)17-19-10-6-8-12-23(19)35-36(31,32)20-14-15-24(33-3)21(27)16-20/h6-16,18H,5,17H2,1-4H3,(H,28,30)/t18-/m0/s1. The summed E-state index contributed by atoms with van der Waals surface area (Å²) in [4.78, 5) is 14.5. The topological polar surface area (TPSA) is 94.2 Å². The second kappa shape index (κ2) is 11.8. The van der Waals surface area contributed by atoms with E-state index >= 15 is 0 Å². The number of urea groups is 1. The predicted octanol–water partition coefficient (Wildman–Crippen LogP) is 5.44. The number of nitrogens with zero attached hydrogens (tertiary/aromatic N) is 1. The first-order valence-corrected chi connectivity index (χ1v) is 12.7. The average Bonchev–Trinajstić information content (AvgIpc) is 2.87. The van der Waals surface area contributed by atoms with Crippen molar-refractivity contribution in [3.63, 3.8) is 0 Å². The van der Waals surface area contributed by atoms with Gasteiger partial charge >= 0.3 is 16.1 Å². The maximum absolute atomic E-state index is 14.1. The van der Waals surface area contributed by atoms with Crippen molar-refractivity contribution in [2.75, 3.05) is 19.5 Å². The molecule has 0 radical (unpaired) electrons. The van der Waals surface area contributed by atoms with Gasteiger partial charge in [-0.2, -0.15) is 8.42 Å². The Labute approximate surface area is 210 Å². The quantitative estimate of drug-likeness (QED) is 0.361. The van der Waals surface area contributed by atoms with Gasteiger partial charge in [0.2, 0.25) is 0 Å². The van der Waals surface area contributed by atoms with Crippen LogP contribution in [0.1, 0.15) is 25.8 Å². The Bertz CT molecular complexity index is 1320. The van der Waals surface area contributed by atoms with Gasteiger partial charge in [-0.15, -0.1) is 0 Å². The maximum Gasteiger partial charge on any atom is 0.339 e. The summed E-state index contributed by atoms with van der Waals surface area (Å²) in [6, 6.07) is 16.2. The van der Waals surface area contributed by atoms with Gasteiger partial charge in [0, 0.05) is 11.6 Å². The highest BCUT2D eigenvalue weighted by Crippen LogP contribution is 2.28. The zero-order valence-corrected chi connectivity index (χ0v) is 21.3. The molecule has 2 amide bonds. The molecule has 8 nitrogen and oxygen atoms in total. The lowest BCUT2D eigenvalue weighted by molar-refractivity contribution is 0.186. The molecule has 0 heterocycles. The number of nitrogens with one attached hydrogen (secondary N) is 1. The minimum absolute atomic E-state index is 0.0344. The minimum Gasteiger partial charge on any atom is -0.495 e. The monoisotopic (exact) mass is 516 g/mol. The number of ether oxygens (including phenoxy) is 2. The van der Waals surface area contributed by atoms with E-state index in [2.05, 4.69) is 5.32 Å². The fourth-order valence-corrected chi connectivity index (χ4v) is 4.43. The first-order valence-electron chi connectivity index (χ1n) is 11.3. The summed E-state index contributed by atoms with van der Waals surface area (Å²) in [6.45, 7) is 3.90. The molecule has 1 N–H and O–H groups in total. The lowest BCUT2D eigenvalue weighted by Gasteiger charge is -2.29. The first kappa shape index (κ1) is 26.8. The smallest absolute Gasteiger partial charge is 0.339 e. The molecule has 192 valence electrons. The molecule has 0 aromatic heterocycles. The molecule has 0 aliphatic rings. The number of benzene rings is 3. The molecule has 0 saturated carbocycles. The molecule has 10 heteroatoms. The van der Waals surface area contributed by atoms with E-state index in [1.807, 2.05) is 13.8 Å². The number of methoxy groups -OCH3 is 2. The van der Waals surface area contributed by atoms with E-state index in [-0.39, 0.29) is 35.0 Å². The van der Waals surface area contributed by atoms with Crippen LogP contribution in [0.4, 0.5) is 14.9 Å². The molecule has 0 fully saturated rings. The van der Waals surface area contributed by atoms with Crippen molar-refractivity contribution in [1.82, 2.24) is 4.90 Å². The highest BCUT2D eigenvalue weighted by Gasteiger charge is 2.25. The number of halogens is 1. The number of para-hydroxylation sites is 3. The minimum atomic E-state index is -4.35. The molecule has 3 aromatic carbocycles. The zero-order valence-electron chi connectivity index (χ0n) is 20.5. The molecule has 1 atom stereocenters. The van der Waals surface area contributed by atoms with Gasteiger partial charge in [0.05, 0.1) is 26.5 Å². The lowest BCUT2D eigenvalue weighted by Crippen LogP contribution is -2.40. The number of anilines is 1. The van der Waals surface area contributed by atoms with Crippen molar-refractivity contribution in [1.29, 1.82) is 0 Å². The van der Waals surface area contributed by atoms with Crippen molar-refractivity contribution in [3.05, 3.63) is 78.1 Å². The van der Waals surface area contributed by atoms with Crippen LogP contribution >= 0.6 is 0 Å². The molecular formula is C26H29FN2O6S. The maximum atomic E-state index is 14.1. The zero-order chi connectivity index (χ0) is 26.3. The van der Waals surface area contributed by atoms with E-state index in [0.29, 0.717) is 23.4 Å². The summed E-state index contributed by atoms with van der Waals surface area (Å²) in [5, 5.41) is 2.86. The Kier molecular flexibility index (Phi) is 8.76. The highest BCUT2D eigenvalue weighted by atomic mass is 32.2. The van der Waals surface area contributed by atoms with Gasteiger partial charge in [-0.3, -0.25) is 0 Å². The number of hydrogen-bond donors (Lipinski definition) is 1. The summed E-state index contributed by atoms with van der Waals surface area (Å²) in [7, 11) is -1.56. The van der Waals surface area contributed by atoms with Gasteiger partial charge in [0.15, 0.2) is 11.6 Å². The van der Waals surface area contributed by atoms with Gasteiger partial charge in [-0.25, -0.2) is 9.18 Å². The van der Waals surface area contributed by atoms with E-state index in [9.17, 15) is 17.6 Å². The third kappa shape index (κ3) is 6.25. The normalized spacial score (nSPS) is 11.9. The number of hydrogen-bond acceptors (Lipinski definition) is 6. The van der Waals surface area contributed by atoms with E-state index in [0.717, 1.165) is 6.07 Å². The molecule has 0 saturated heterocycles. The Morgan fingerprint density at radius 3 is 2.25 bits per heavy atom. The van der Waals surface area contributed by atoms with Gasteiger partial charge in [-0.1, -0.05) is 37.3 Å². The van der Waals surface area contributed by atoms with Gasteiger partial charge in [-0.05, 0) is 49.7 Å². The number of rotatable bonds is 10. The van der Waals surface area contributed by atoms with Crippen LogP contribution in [0.15, 0.2) is 71.6 Å². The fourth-order valence-electron chi connectivity index (χ4n) is 3.45. The second-order valence-electron chi connectivity index (χ2n) is 7.96. The van der Waals surface area contributed by atoms with E-state index in [4.69, 9.17) is 13.7 Å². The SMILES string of the molecule is CC[C@H](C)N(Cc1ccccc1OS(=O)(=O)c1ccc(OC)c(F)c1)C(=O)Nc1ccccc1OC. The summed E-state index contributed by atoms with van der Waals surface area (Å²) < 4.78 is 55.4. The van der Waals surface area contributed by atoms with Gasteiger partial charge in [0.25, 0.3) is 0 Å². The molecular weight excluding hydrogens is 487 g/mol. The van der Waals surface area contributed by atoms with Crippen LogP contribution in [0.3, 0.4) is 0 Å². The van der Waals surface area contributed by atoms with Gasteiger partial charge in [0.1, 0.15) is 16.4 Å². The van der Waals surface area contributed by atoms with E-state index < -0.39 is 15.9 Å². The summed E-state index contributed by atoms with van der Waals surface area (Å²) in [5.41, 5.74) is 0.970. The third-order valence-electron chi connectivity index (χ3n) is 5.66. The van der Waals surface area contributed by atoms with E-state index in [1.54, 1.807) is 47.4 Å². The molecule has 3 aromatic rings. The lowest BCUT2D eigenvalue weighted by atomic mass is 10.1. The molecule has 0 bridgehead atoms. The van der Waals surface area contributed by atoms with E-state index in [1.165, 1.54) is 32.4 Å². The molecule has 0 aliphatic carbocycles. The van der Waals surface area contributed by atoms with Crippen molar-refractivity contribution >= 4 is 21.8 Å². The molecule has 0 spiro atoms. The van der Waals surface area contributed by atoms with Crippen LogP contribution in [0.5, 0.6) is 17.2 Å². The number of carbonyl (C=O) groups is 1.